The number of nitrogens with zero attached hydrogens (tertiary/aromatic N) is 3. The number of fused-ring (bicyclic) bond motifs is 3. The second kappa shape index (κ2) is 9.59. The standard InChI is InChI=1S/C26H26N4O4S/c1-15(2)30-11-10-20-18(13-30)24(17-6-4-5-7-19(17)27-20)25(32)34-14-23(31)29-26-28-21-9-8-16(33-3)12-22(21)35-26/h4-9,12,15H,10-11,13-14H2,1-3H3,(H,28,29,31). The topological polar surface area (TPSA) is 93.7 Å². The molecule has 0 radical (unpaired) electrons. The number of nitrogens with one attached hydrogen (secondary N) is 1. The lowest BCUT2D eigenvalue weighted by atomic mass is 9.95. The van der Waals surface area contributed by atoms with Gasteiger partial charge in [-0.05, 0) is 38.1 Å². The predicted molar refractivity (Wildman–Crippen MR) is 136 cm³/mol. The van der Waals surface area contributed by atoms with Crippen LogP contribution in [0.25, 0.3) is 21.1 Å². The molecule has 1 amide bonds. The minimum atomic E-state index is -0.519. The lowest BCUT2D eigenvalue weighted by molar-refractivity contribution is -0.119. The number of rotatable bonds is 6. The van der Waals surface area contributed by atoms with Gasteiger partial charge in [-0.1, -0.05) is 29.5 Å². The zero-order valence-corrected chi connectivity index (χ0v) is 20.6. The zero-order chi connectivity index (χ0) is 24.5. The molecular formula is C26H26N4O4S. The Hall–Kier alpha value is -3.56. The number of benzene rings is 2. The minimum absolute atomic E-state index is 0.345. The first-order chi connectivity index (χ1) is 16.9. The lowest BCUT2D eigenvalue weighted by Gasteiger charge is -2.32. The van der Waals surface area contributed by atoms with E-state index < -0.39 is 18.5 Å². The molecule has 0 aliphatic carbocycles. The number of pyridine rings is 1. The molecule has 2 aromatic carbocycles. The van der Waals surface area contributed by atoms with E-state index >= 15 is 0 Å². The third kappa shape index (κ3) is 4.69. The summed E-state index contributed by atoms with van der Waals surface area (Å²) < 4.78 is 11.6. The third-order valence-electron chi connectivity index (χ3n) is 6.19. The number of aromatic nitrogens is 2. The molecule has 0 bridgehead atoms. The van der Waals surface area contributed by atoms with Gasteiger partial charge in [0.05, 0.1) is 28.4 Å². The van der Waals surface area contributed by atoms with Crippen LogP contribution in [0.15, 0.2) is 42.5 Å². The number of methoxy groups -OCH3 is 1. The summed E-state index contributed by atoms with van der Waals surface area (Å²) in [4.78, 5) is 37.4. The lowest BCUT2D eigenvalue weighted by Crippen LogP contribution is -2.37. The van der Waals surface area contributed by atoms with Gasteiger partial charge in [-0.2, -0.15) is 0 Å². The molecular weight excluding hydrogens is 464 g/mol. The Morgan fingerprint density at radius 2 is 1.97 bits per heavy atom. The molecule has 8 nitrogen and oxygen atoms in total. The highest BCUT2D eigenvalue weighted by Gasteiger charge is 2.28. The van der Waals surface area contributed by atoms with Crippen molar-refractivity contribution in [2.75, 3.05) is 25.6 Å². The van der Waals surface area contributed by atoms with E-state index in [0.29, 0.717) is 23.3 Å². The van der Waals surface area contributed by atoms with Gasteiger partial charge in [0, 0.05) is 42.2 Å². The summed E-state index contributed by atoms with van der Waals surface area (Å²) in [7, 11) is 1.60. The van der Waals surface area contributed by atoms with Crippen LogP contribution in [-0.4, -0.2) is 53.0 Å². The maximum absolute atomic E-state index is 13.3. The molecule has 0 unspecified atom stereocenters. The van der Waals surface area contributed by atoms with Crippen molar-refractivity contribution in [2.24, 2.45) is 0 Å². The average molecular weight is 491 g/mol. The fraction of sp³-hybridized carbons (Fsp3) is 0.308. The summed E-state index contributed by atoms with van der Waals surface area (Å²) in [6.07, 6.45) is 0.765. The molecule has 35 heavy (non-hydrogen) atoms. The number of esters is 1. The number of carbonyl (C=O) groups is 2. The van der Waals surface area contributed by atoms with Crippen LogP contribution >= 0.6 is 11.3 Å². The second-order valence-corrected chi connectivity index (χ2v) is 9.75. The van der Waals surface area contributed by atoms with E-state index in [9.17, 15) is 9.59 Å². The van der Waals surface area contributed by atoms with Crippen LogP contribution in [0.4, 0.5) is 5.13 Å². The van der Waals surface area contributed by atoms with Crippen LogP contribution in [0.3, 0.4) is 0 Å². The normalized spacial score (nSPS) is 13.7. The number of hydrogen-bond acceptors (Lipinski definition) is 8. The number of hydrogen-bond donors (Lipinski definition) is 1. The Balaban J connectivity index is 1.35. The molecule has 1 N–H and O–H groups in total. The van der Waals surface area contributed by atoms with Crippen molar-refractivity contribution in [3.63, 3.8) is 0 Å². The van der Waals surface area contributed by atoms with Crippen LogP contribution in [0.5, 0.6) is 5.75 Å². The molecule has 180 valence electrons. The fourth-order valence-electron chi connectivity index (χ4n) is 4.33. The largest absolute Gasteiger partial charge is 0.497 e. The first-order valence-corrected chi connectivity index (χ1v) is 12.3. The molecule has 1 aliphatic heterocycles. The van der Waals surface area contributed by atoms with Crippen molar-refractivity contribution >= 4 is 49.5 Å². The van der Waals surface area contributed by atoms with Gasteiger partial charge in [0.1, 0.15) is 5.75 Å². The van der Waals surface area contributed by atoms with E-state index in [1.807, 2.05) is 42.5 Å². The van der Waals surface area contributed by atoms with E-state index in [2.05, 4.69) is 29.0 Å². The first-order valence-electron chi connectivity index (χ1n) is 11.5. The maximum Gasteiger partial charge on any atom is 0.339 e. The summed E-state index contributed by atoms with van der Waals surface area (Å²) in [5.74, 6) is -0.244. The van der Waals surface area contributed by atoms with Gasteiger partial charge in [0.2, 0.25) is 0 Å². The van der Waals surface area contributed by atoms with Crippen LogP contribution in [0, 0.1) is 0 Å². The van der Waals surface area contributed by atoms with Crippen molar-refractivity contribution in [1.29, 1.82) is 0 Å². The Morgan fingerprint density at radius 1 is 1.14 bits per heavy atom. The van der Waals surface area contributed by atoms with Gasteiger partial charge >= 0.3 is 5.97 Å². The number of ether oxygens (including phenoxy) is 2. The van der Waals surface area contributed by atoms with Crippen molar-refractivity contribution < 1.29 is 19.1 Å². The Kier molecular flexibility index (Phi) is 6.36. The van der Waals surface area contributed by atoms with E-state index in [-0.39, 0.29) is 0 Å². The van der Waals surface area contributed by atoms with Crippen molar-refractivity contribution in [3.8, 4) is 5.75 Å². The van der Waals surface area contributed by atoms with Crippen LogP contribution in [0.1, 0.15) is 35.5 Å². The summed E-state index contributed by atoms with van der Waals surface area (Å²) in [6.45, 7) is 5.38. The van der Waals surface area contributed by atoms with Crippen LogP contribution in [0.2, 0.25) is 0 Å². The van der Waals surface area contributed by atoms with Crippen LogP contribution < -0.4 is 10.1 Å². The van der Waals surface area contributed by atoms with Crippen molar-refractivity contribution in [1.82, 2.24) is 14.9 Å². The van der Waals surface area contributed by atoms with Gasteiger partial charge in [0.25, 0.3) is 5.91 Å². The predicted octanol–water partition coefficient (Wildman–Crippen LogP) is 4.42. The smallest absolute Gasteiger partial charge is 0.339 e. The summed E-state index contributed by atoms with van der Waals surface area (Å²) in [5.41, 5.74) is 3.81. The fourth-order valence-corrected chi connectivity index (χ4v) is 5.24. The number of amides is 1. The molecule has 1 aliphatic rings. The molecule has 9 heteroatoms. The monoisotopic (exact) mass is 490 g/mol. The number of thiazole rings is 1. The second-order valence-electron chi connectivity index (χ2n) is 8.72. The summed E-state index contributed by atoms with van der Waals surface area (Å²) >= 11 is 1.33. The van der Waals surface area contributed by atoms with E-state index in [1.165, 1.54) is 11.3 Å². The Morgan fingerprint density at radius 3 is 2.77 bits per heavy atom. The SMILES string of the molecule is COc1ccc2nc(NC(=O)COC(=O)c3c4c(nc5ccccc35)CCN(C(C)C)C4)sc2c1. The zero-order valence-electron chi connectivity index (χ0n) is 19.8. The summed E-state index contributed by atoms with van der Waals surface area (Å²) in [5, 5.41) is 3.90. The third-order valence-corrected chi connectivity index (χ3v) is 7.12. The van der Waals surface area contributed by atoms with Crippen LogP contribution in [-0.2, 0) is 22.5 Å². The van der Waals surface area contributed by atoms with Gasteiger partial charge < -0.3 is 9.47 Å². The average Bonchev–Trinajstić information content (AvgIpc) is 3.26. The molecule has 3 heterocycles. The van der Waals surface area contributed by atoms with E-state index in [4.69, 9.17) is 14.5 Å². The molecule has 0 fully saturated rings. The van der Waals surface area contributed by atoms with E-state index in [0.717, 1.165) is 51.1 Å². The quantitative estimate of drug-likeness (QED) is 0.400. The highest BCUT2D eigenvalue weighted by atomic mass is 32.1. The minimum Gasteiger partial charge on any atom is -0.497 e. The molecule has 0 atom stereocenters. The Labute approximate surface area is 206 Å². The molecule has 0 saturated carbocycles. The maximum atomic E-state index is 13.3. The van der Waals surface area contributed by atoms with Crippen molar-refractivity contribution in [3.05, 3.63) is 59.3 Å². The highest BCUT2D eigenvalue weighted by molar-refractivity contribution is 7.22. The van der Waals surface area contributed by atoms with Gasteiger partial charge in [-0.3, -0.25) is 20.0 Å². The summed E-state index contributed by atoms with van der Waals surface area (Å²) in [6, 6.07) is 13.4. The number of para-hydroxylation sites is 1. The van der Waals surface area contributed by atoms with Crippen molar-refractivity contribution in [2.45, 2.75) is 32.9 Å². The molecule has 4 aromatic rings. The highest BCUT2D eigenvalue weighted by Crippen LogP contribution is 2.30. The molecule has 5 rings (SSSR count). The van der Waals surface area contributed by atoms with Gasteiger partial charge in [0.15, 0.2) is 11.7 Å². The first kappa shape index (κ1) is 23.2. The van der Waals surface area contributed by atoms with Gasteiger partial charge in [-0.15, -0.1) is 0 Å². The number of carbonyl (C=O) groups excluding carboxylic acids is 2. The van der Waals surface area contributed by atoms with E-state index in [1.54, 1.807) is 7.11 Å². The Bertz CT molecular complexity index is 1430. The molecule has 2 aromatic heterocycles. The molecule has 0 saturated heterocycles. The molecule has 0 spiro atoms. The number of anilines is 1. The van der Waals surface area contributed by atoms with Gasteiger partial charge in [-0.25, -0.2) is 9.78 Å².